The van der Waals surface area contributed by atoms with E-state index in [0.29, 0.717) is 31.6 Å². The Morgan fingerprint density at radius 1 is 1.07 bits per heavy atom. The molecule has 1 saturated heterocycles. The summed E-state index contributed by atoms with van der Waals surface area (Å²) in [5.41, 5.74) is 10.5. The lowest BCUT2D eigenvalue weighted by Crippen LogP contribution is -2.52. The fourth-order valence-corrected chi connectivity index (χ4v) is 4.21. The van der Waals surface area contributed by atoms with Gasteiger partial charge in [-0.1, -0.05) is 30.3 Å². The zero-order chi connectivity index (χ0) is 21.1. The number of nitrogens with two attached hydrogens (primary N) is 1. The van der Waals surface area contributed by atoms with Crippen LogP contribution in [0.4, 0.5) is 5.69 Å². The number of carbonyl (C=O) groups is 3. The minimum Gasteiger partial charge on any atom is -0.381 e. The van der Waals surface area contributed by atoms with E-state index < -0.39 is 6.04 Å². The highest BCUT2D eigenvalue weighted by atomic mass is 16.2. The number of amides is 3. The van der Waals surface area contributed by atoms with Crippen LogP contribution in [0, 0.1) is 0 Å². The lowest BCUT2D eigenvalue weighted by atomic mass is 10.0. The van der Waals surface area contributed by atoms with Crippen molar-refractivity contribution in [3.05, 3.63) is 64.7 Å². The molecule has 2 aromatic rings. The summed E-state index contributed by atoms with van der Waals surface area (Å²) in [5.74, 6) is -0.816. The van der Waals surface area contributed by atoms with Crippen molar-refractivity contribution in [1.29, 1.82) is 0 Å². The van der Waals surface area contributed by atoms with E-state index in [4.69, 9.17) is 5.73 Å². The van der Waals surface area contributed by atoms with Gasteiger partial charge in [-0.2, -0.15) is 0 Å². The molecule has 3 amide bonds. The molecular formula is C23H26N4O3. The molecule has 2 aromatic carbocycles. The Labute approximate surface area is 175 Å². The van der Waals surface area contributed by atoms with Gasteiger partial charge in [0.05, 0.1) is 0 Å². The summed E-state index contributed by atoms with van der Waals surface area (Å²) in [4.78, 5) is 38.3. The SMILES string of the molecule is NCCCc1ccccc1NCc1cccc2c1CN(C1CCC(=O)NC1=O)C2=O. The van der Waals surface area contributed by atoms with Gasteiger partial charge in [-0.05, 0) is 54.6 Å². The summed E-state index contributed by atoms with van der Waals surface area (Å²) in [5, 5.41) is 5.84. The maximum absolute atomic E-state index is 13.0. The number of anilines is 1. The molecule has 7 heteroatoms. The summed E-state index contributed by atoms with van der Waals surface area (Å²) < 4.78 is 0. The van der Waals surface area contributed by atoms with E-state index in [-0.39, 0.29) is 24.1 Å². The predicted molar refractivity (Wildman–Crippen MR) is 114 cm³/mol. The lowest BCUT2D eigenvalue weighted by Gasteiger charge is -2.29. The van der Waals surface area contributed by atoms with Gasteiger partial charge in [0.25, 0.3) is 5.91 Å². The summed E-state index contributed by atoms with van der Waals surface area (Å²) in [7, 11) is 0. The number of nitrogens with zero attached hydrogens (tertiary/aromatic N) is 1. The zero-order valence-corrected chi connectivity index (χ0v) is 16.8. The number of piperidine rings is 1. The van der Waals surface area contributed by atoms with E-state index in [1.807, 2.05) is 30.3 Å². The minimum atomic E-state index is -0.597. The van der Waals surface area contributed by atoms with E-state index in [9.17, 15) is 14.4 Å². The molecule has 0 spiro atoms. The van der Waals surface area contributed by atoms with Gasteiger partial charge in [-0.3, -0.25) is 19.7 Å². The summed E-state index contributed by atoms with van der Waals surface area (Å²) in [6, 6.07) is 13.3. The first-order valence-electron chi connectivity index (χ1n) is 10.4. The van der Waals surface area contributed by atoms with Crippen molar-refractivity contribution < 1.29 is 14.4 Å². The molecule has 0 saturated carbocycles. The second-order valence-electron chi connectivity index (χ2n) is 7.75. The molecule has 1 atom stereocenters. The zero-order valence-electron chi connectivity index (χ0n) is 16.8. The molecule has 30 heavy (non-hydrogen) atoms. The first-order valence-corrected chi connectivity index (χ1v) is 10.4. The number of carbonyl (C=O) groups excluding carboxylic acids is 3. The normalized spacial score (nSPS) is 18.4. The van der Waals surface area contributed by atoms with Crippen molar-refractivity contribution in [3.63, 3.8) is 0 Å². The Balaban J connectivity index is 1.51. The van der Waals surface area contributed by atoms with E-state index in [1.165, 1.54) is 5.56 Å². The molecule has 1 unspecified atom stereocenters. The molecule has 156 valence electrons. The molecule has 0 aromatic heterocycles. The van der Waals surface area contributed by atoms with Gasteiger partial charge >= 0.3 is 0 Å². The number of hydrogen-bond donors (Lipinski definition) is 3. The van der Waals surface area contributed by atoms with Gasteiger partial charge in [0.2, 0.25) is 11.8 Å². The topological polar surface area (TPSA) is 105 Å². The molecule has 4 rings (SSSR count). The van der Waals surface area contributed by atoms with E-state index >= 15 is 0 Å². The molecular weight excluding hydrogens is 380 g/mol. The van der Waals surface area contributed by atoms with Crippen molar-refractivity contribution in [2.24, 2.45) is 5.73 Å². The molecule has 0 radical (unpaired) electrons. The Morgan fingerprint density at radius 2 is 1.87 bits per heavy atom. The maximum atomic E-state index is 13.0. The first kappa shape index (κ1) is 20.1. The number of para-hydroxylation sites is 1. The standard InChI is InChI=1S/C23H26N4O3/c24-12-4-7-15-5-1-2-9-19(15)25-13-16-6-3-8-17-18(16)14-27(23(17)30)20-10-11-21(28)26-22(20)29/h1-3,5-6,8-9,20,25H,4,7,10-14,24H2,(H,26,28,29). The third kappa shape index (κ3) is 3.93. The highest BCUT2D eigenvalue weighted by Crippen LogP contribution is 2.30. The quantitative estimate of drug-likeness (QED) is 0.610. The highest BCUT2D eigenvalue weighted by Gasteiger charge is 2.39. The largest absolute Gasteiger partial charge is 0.381 e. The van der Waals surface area contributed by atoms with Crippen molar-refractivity contribution in [3.8, 4) is 0 Å². The first-order chi connectivity index (χ1) is 14.6. The molecule has 0 bridgehead atoms. The lowest BCUT2D eigenvalue weighted by molar-refractivity contribution is -0.136. The van der Waals surface area contributed by atoms with Crippen LogP contribution in [0.5, 0.6) is 0 Å². The fourth-order valence-electron chi connectivity index (χ4n) is 4.21. The van der Waals surface area contributed by atoms with Crippen LogP contribution < -0.4 is 16.4 Å². The second-order valence-corrected chi connectivity index (χ2v) is 7.75. The molecule has 4 N–H and O–H groups in total. The van der Waals surface area contributed by atoms with Crippen molar-refractivity contribution in [2.75, 3.05) is 11.9 Å². The van der Waals surface area contributed by atoms with Crippen LogP contribution >= 0.6 is 0 Å². The molecule has 2 heterocycles. The monoisotopic (exact) mass is 406 g/mol. The van der Waals surface area contributed by atoms with Crippen molar-refractivity contribution >= 4 is 23.4 Å². The van der Waals surface area contributed by atoms with Gasteiger partial charge in [0.15, 0.2) is 0 Å². The van der Waals surface area contributed by atoms with E-state index in [0.717, 1.165) is 29.7 Å². The number of imide groups is 1. The van der Waals surface area contributed by atoms with Crippen LogP contribution in [0.25, 0.3) is 0 Å². The molecule has 2 aliphatic heterocycles. The number of nitrogens with one attached hydrogen (secondary N) is 2. The minimum absolute atomic E-state index is 0.148. The average molecular weight is 406 g/mol. The number of rotatable bonds is 7. The Hall–Kier alpha value is -3.19. The van der Waals surface area contributed by atoms with Gasteiger partial charge in [-0.25, -0.2) is 0 Å². The second kappa shape index (κ2) is 8.67. The fraction of sp³-hybridized carbons (Fsp3) is 0.348. The molecule has 7 nitrogen and oxygen atoms in total. The number of aryl methyl sites for hydroxylation is 1. The molecule has 2 aliphatic rings. The van der Waals surface area contributed by atoms with Gasteiger partial charge in [-0.15, -0.1) is 0 Å². The maximum Gasteiger partial charge on any atom is 0.255 e. The summed E-state index contributed by atoms with van der Waals surface area (Å²) in [6.07, 6.45) is 2.46. The Morgan fingerprint density at radius 3 is 2.67 bits per heavy atom. The van der Waals surface area contributed by atoms with Crippen LogP contribution in [-0.2, 0) is 29.1 Å². The van der Waals surface area contributed by atoms with Crippen LogP contribution in [0.1, 0.15) is 46.3 Å². The third-order valence-corrected chi connectivity index (χ3v) is 5.82. The van der Waals surface area contributed by atoms with Crippen LogP contribution in [0.2, 0.25) is 0 Å². The Bertz CT molecular complexity index is 988. The molecule has 0 aliphatic carbocycles. The Kier molecular flexibility index (Phi) is 5.81. The number of benzene rings is 2. The van der Waals surface area contributed by atoms with Gasteiger partial charge < -0.3 is 16.0 Å². The van der Waals surface area contributed by atoms with Crippen LogP contribution in [-0.4, -0.2) is 35.2 Å². The molecule has 1 fully saturated rings. The van der Waals surface area contributed by atoms with Gasteiger partial charge in [0.1, 0.15) is 6.04 Å². The summed E-state index contributed by atoms with van der Waals surface area (Å²) >= 11 is 0. The highest BCUT2D eigenvalue weighted by molar-refractivity contribution is 6.05. The van der Waals surface area contributed by atoms with Crippen LogP contribution in [0.3, 0.4) is 0 Å². The van der Waals surface area contributed by atoms with Gasteiger partial charge in [0, 0.05) is 30.8 Å². The average Bonchev–Trinajstić information content (AvgIpc) is 3.08. The summed E-state index contributed by atoms with van der Waals surface area (Å²) in [6.45, 7) is 1.62. The predicted octanol–water partition coefficient (Wildman–Crippen LogP) is 1.95. The van der Waals surface area contributed by atoms with E-state index in [1.54, 1.807) is 4.90 Å². The van der Waals surface area contributed by atoms with E-state index in [2.05, 4.69) is 22.8 Å². The number of fused-ring (bicyclic) bond motifs is 1. The number of hydrogen-bond acceptors (Lipinski definition) is 5. The smallest absolute Gasteiger partial charge is 0.255 e. The van der Waals surface area contributed by atoms with Crippen LogP contribution in [0.15, 0.2) is 42.5 Å². The third-order valence-electron chi connectivity index (χ3n) is 5.82. The van der Waals surface area contributed by atoms with Crippen molar-refractivity contribution in [1.82, 2.24) is 10.2 Å². The van der Waals surface area contributed by atoms with Crippen molar-refractivity contribution in [2.45, 2.75) is 44.8 Å².